The van der Waals surface area contributed by atoms with Crippen molar-refractivity contribution in [3.05, 3.63) is 24.3 Å². The van der Waals surface area contributed by atoms with Crippen molar-refractivity contribution in [3.63, 3.8) is 0 Å². The van der Waals surface area contributed by atoms with Crippen LogP contribution in [0.3, 0.4) is 0 Å². The number of benzene rings is 1. The van der Waals surface area contributed by atoms with Crippen molar-refractivity contribution >= 4 is 35.0 Å². The minimum Gasteiger partial charge on any atom is -0.352 e. The van der Waals surface area contributed by atoms with Crippen molar-refractivity contribution < 1.29 is 19.2 Å². The van der Waals surface area contributed by atoms with Gasteiger partial charge in [0.05, 0.1) is 26.4 Å². The zero-order valence-electron chi connectivity index (χ0n) is 38.1. The van der Waals surface area contributed by atoms with Gasteiger partial charge in [-0.1, -0.05) is 129 Å². The van der Waals surface area contributed by atoms with E-state index in [-0.39, 0.29) is 35.7 Å². The molecule has 0 bridgehead atoms. The van der Waals surface area contributed by atoms with Gasteiger partial charge in [-0.05, 0) is 75.9 Å². The Balaban J connectivity index is 1.46. The number of nitrogens with two attached hydrogens (primary N) is 2. The van der Waals surface area contributed by atoms with Gasteiger partial charge >= 0.3 is 0 Å². The summed E-state index contributed by atoms with van der Waals surface area (Å²) in [6, 6.07) is 7.60. The number of hydrogen-bond donors (Lipinski definition) is 4. The smallest absolute Gasteiger partial charge is 0.242 e. The van der Waals surface area contributed by atoms with Crippen molar-refractivity contribution in [2.24, 2.45) is 11.5 Å². The molecule has 2 saturated heterocycles. The van der Waals surface area contributed by atoms with Gasteiger partial charge in [-0.15, -0.1) is 0 Å². The SMILES string of the molecule is CCCCCCCCCCCC(=O)N[C@@H](CCCCN)CN1CC(=O)N(c2ccc(N3CN(C[C@H](CCCCN)NC(=O)CCCCCCCCCCC)CC3=O)cc2)C1. The van der Waals surface area contributed by atoms with E-state index in [1.165, 1.54) is 89.9 Å². The molecule has 6 N–H and O–H groups in total. The summed E-state index contributed by atoms with van der Waals surface area (Å²) in [6.45, 7) is 8.45. The van der Waals surface area contributed by atoms with Gasteiger partial charge in [0.25, 0.3) is 0 Å². The second-order valence-electron chi connectivity index (χ2n) is 17.7. The van der Waals surface area contributed by atoms with Gasteiger partial charge < -0.3 is 22.1 Å². The first kappa shape index (κ1) is 51.3. The van der Waals surface area contributed by atoms with Crippen LogP contribution in [0.4, 0.5) is 11.4 Å². The standard InChI is InChI=1S/C48H86N8O4/c1-3-5-7-9-11-13-15-17-19-27-45(57)51-41(25-21-23-33-49)35-53-37-47(59)55(39-53)43-29-31-44(32-30-43)56-40-54(38-48(56)60)36-42(26-22-24-34-50)52-46(58)28-20-18-16-14-12-10-8-6-4-2/h29-32,41-42H,3-28,33-40,49-50H2,1-2H3,(H,51,57)(H,52,58)/t41-,42-/m0/s1. The maximum Gasteiger partial charge on any atom is 0.242 e. The lowest BCUT2D eigenvalue weighted by Crippen LogP contribution is -2.43. The Kier molecular flexibility index (Phi) is 27.1. The Labute approximate surface area is 364 Å². The summed E-state index contributed by atoms with van der Waals surface area (Å²) in [5.41, 5.74) is 13.1. The number of carbonyl (C=O) groups excluding carboxylic acids is 4. The third-order valence-corrected chi connectivity index (χ3v) is 12.2. The molecule has 2 fully saturated rings. The maximum atomic E-state index is 13.3. The van der Waals surface area contributed by atoms with E-state index < -0.39 is 0 Å². The first-order valence-corrected chi connectivity index (χ1v) is 24.4. The van der Waals surface area contributed by atoms with Crippen LogP contribution >= 0.6 is 0 Å². The van der Waals surface area contributed by atoms with Crippen LogP contribution in [0.5, 0.6) is 0 Å². The first-order valence-electron chi connectivity index (χ1n) is 24.4. The van der Waals surface area contributed by atoms with Crippen molar-refractivity contribution in [2.45, 2.75) is 193 Å². The molecule has 0 unspecified atom stereocenters. The number of unbranched alkanes of at least 4 members (excludes halogenated alkanes) is 18. The van der Waals surface area contributed by atoms with E-state index in [4.69, 9.17) is 11.5 Å². The van der Waals surface area contributed by atoms with Gasteiger partial charge in [-0.3, -0.25) is 38.8 Å². The fourth-order valence-corrected chi connectivity index (χ4v) is 8.62. The van der Waals surface area contributed by atoms with Gasteiger partial charge in [0.1, 0.15) is 0 Å². The highest BCUT2D eigenvalue weighted by Crippen LogP contribution is 2.26. The van der Waals surface area contributed by atoms with E-state index in [1.807, 2.05) is 24.3 Å². The maximum absolute atomic E-state index is 13.3. The van der Waals surface area contributed by atoms with Crippen molar-refractivity contribution in [3.8, 4) is 0 Å². The molecule has 2 atom stereocenters. The van der Waals surface area contributed by atoms with Crippen LogP contribution in [-0.2, 0) is 19.2 Å². The van der Waals surface area contributed by atoms with Crippen molar-refractivity contribution in [1.82, 2.24) is 20.4 Å². The van der Waals surface area contributed by atoms with Crippen LogP contribution in [0, 0.1) is 0 Å². The van der Waals surface area contributed by atoms with Crippen LogP contribution in [0.1, 0.15) is 181 Å². The molecule has 0 saturated carbocycles. The molecule has 2 aliphatic heterocycles. The number of hydrogen-bond acceptors (Lipinski definition) is 8. The molecule has 0 radical (unpaired) electrons. The summed E-state index contributed by atoms with van der Waals surface area (Å²) < 4.78 is 0. The number of amides is 4. The fourth-order valence-electron chi connectivity index (χ4n) is 8.62. The zero-order valence-corrected chi connectivity index (χ0v) is 38.1. The molecule has 0 aliphatic carbocycles. The molecule has 12 heteroatoms. The molecule has 3 rings (SSSR count). The van der Waals surface area contributed by atoms with Gasteiger partial charge in [0.2, 0.25) is 23.6 Å². The molecule has 2 aliphatic rings. The van der Waals surface area contributed by atoms with E-state index in [2.05, 4.69) is 34.3 Å². The lowest BCUT2D eigenvalue weighted by Gasteiger charge is -2.25. The van der Waals surface area contributed by atoms with Crippen LogP contribution in [0.25, 0.3) is 0 Å². The predicted octanol–water partition coefficient (Wildman–Crippen LogP) is 7.97. The highest BCUT2D eigenvalue weighted by Gasteiger charge is 2.33. The lowest BCUT2D eigenvalue weighted by molar-refractivity contribution is -0.123. The molecule has 2 heterocycles. The molecule has 1 aromatic carbocycles. The fraction of sp³-hybridized carbons (Fsp3) is 0.792. The molecule has 0 aromatic heterocycles. The molecular weight excluding hydrogens is 753 g/mol. The highest BCUT2D eigenvalue weighted by molar-refractivity contribution is 5.98. The van der Waals surface area contributed by atoms with E-state index in [0.29, 0.717) is 65.4 Å². The summed E-state index contributed by atoms with van der Waals surface area (Å²) in [7, 11) is 0. The minimum atomic E-state index is -0.0323. The van der Waals surface area contributed by atoms with E-state index in [1.54, 1.807) is 9.80 Å². The summed E-state index contributed by atoms with van der Waals surface area (Å²) in [6.07, 6.45) is 28.4. The Morgan fingerprint density at radius 1 is 0.517 bits per heavy atom. The Hall–Kier alpha value is -3.06. The minimum absolute atomic E-state index is 0.0217. The third-order valence-electron chi connectivity index (χ3n) is 12.2. The predicted molar refractivity (Wildman–Crippen MR) is 248 cm³/mol. The van der Waals surface area contributed by atoms with Gasteiger partial charge in [-0.2, -0.15) is 0 Å². The van der Waals surface area contributed by atoms with Gasteiger partial charge in [0, 0.05) is 49.4 Å². The van der Waals surface area contributed by atoms with Crippen LogP contribution in [-0.4, -0.2) is 98.1 Å². The lowest BCUT2D eigenvalue weighted by atomic mass is 10.1. The van der Waals surface area contributed by atoms with Crippen LogP contribution in [0.15, 0.2) is 24.3 Å². The summed E-state index contributed by atoms with van der Waals surface area (Å²) in [5, 5.41) is 6.56. The number of rotatable bonds is 36. The number of nitrogens with one attached hydrogen (secondary N) is 2. The number of nitrogens with zero attached hydrogens (tertiary/aromatic N) is 4. The average Bonchev–Trinajstić information content (AvgIpc) is 3.79. The molecule has 0 spiro atoms. The first-order chi connectivity index (χ1) is 29.3. The Morgan fingerprint density at radius 3 is 1.18 bits per heavy atom. The van der Waals surface area contributed by atoms with Gasteiger partial charge in [-0.25, -0.2) is 0 Å². The normalized spacial score (nSPS) is 15.9. The zero-order chi connectivity index (χ0) is 43.2. The second-order valence-corrected chi connectivity index (χ2v) is 17.7. The topological polar surface area (TPSA) is 157 Å². The van der Waals surface area contributed by atoms with E-state index >= 15 is 0 Å². The quantitative estimate of drug-likeness (QED) is 0.0496. The monoisotopic (exact) mass is 839 g/mol. The van der Waals surface area contributed by atoms with E-state index in [9.17, 15) is 19.2 Å². The Morgan fingerprint density at radius 2 is 0.850 bits per heavy atom. The summed E-state index contributed by atoms with van der Waals surface area (Å²) in [5.74, 6) is 0.238. The molecule has 1 aromatic rings. The van der Waals surface area contributed by atoms with Crippen LogP contribution in [0.2, 0.25) is 0 Å². The van der Waals surface area contributed by atoms with Crippen molar-refractivity contribution in [1.29, 1.82) is 0 Å². The van der Waals surface area contributed by atoms with Crippen molar-refractivity contribution in [2.75, 3.05) is 62.4 Å². The molecule has 4 amide bonds. The highest BCUT2D eigenvalue weighted by atomic mass is 16.2. The van der Waals surface area contributed by atoms with Crippen LogP contribution < -0.4 is 31.9 Å². The average molecular weight is 839 g/mol. The summed E-state index contributed by atoms with van der Waals surface area (Å²) >= 11 is 0. The molecule has 342 valence electrons. The largest absolute Gasteiger partial charge is 0.352 e. The number of carbonyl (C=O) groups is 4. The molecular formula is C48H86N8O4. The van der Waals surface area contributed by atoms with Gasteiger partial charge in [0.15, 0.2) is 0 Å². The van der Waals surface area contributed by atoms with E-state index in [0.717, 1.165) is 75.6 Å². The Bertz CT molecular complexity index is 1230. The second kappa shape index (κ2) is 31.7. The summed E-state index contributed by atoms with van der Waals surface area (Å²) in [4.78, 5) is 60.3. The molecule has 12 nitrogen and oxygen atoms in total. The molecule has 60 heavy (non-hydrogen) atoms. The number of anilines is 2. The third kappa shape index (κ3) is 21.1.